The molecule has 2 aromatic rings. The van der Waals surface area contributed by atoms with Crippen molar-refractivity contribution >= 4 is 17.5 Å². The zero-order chi connectivity index (χ0) is 29.6. The third-order valence-corrected chi connectivity index (χ3v) is 5.54. The van der Waals surface area contributed by atoms with Gasteiger partial charge in [-0.2, -0.15) is 0 Å². The number of nitrogens with zero attached hydrogens (tertiary/aromatic N) is 1. The average Bonchev–Trinajstić information content (AvgIpc) is 2.93. The third kappa shape index (κ3) is 14.9. The second-order valence-electron chi connectivity index (χ2n) is 8.81. The van der Waals surface area contributed by atoms with Crippen LogP contribution in [-0.4, -0.2) is 48.9 Å². The van der Waals surface area contributed by atoms with Crippen LogP contribution in [0.4, 0.5) is 0 Å². The number of rotatable bonds is 13. The summed E-state index contributed by atoms with van der Waals surface area (Å²) in [6.07, 6.45) is 4.66. The van der Waals surface area contributed by atoms with E-state index in [2.05, 4.69) is 42.1 Å². The summed E-state index contributed by atoms with van der Waals surface area (Å²) < 4.78 is 5.85. The Hall–Kier alpha value is -3.45. The number of aliphatic hydroxyl groups is 1. The van der Waals surface area contributed by atoms with Gasteiger partial charge in [0.05, 0.1) is 5.70 Å². The van der Waals surface area contributed by atoms with E-state index in [1.165, 1.54) is 12.5 Å². The van der Waals surface area contributed by atoms with Crippen molar-refractivity contribution in [3.05, 3.63) is 77.5 Å². The number of carbonyl (C=O) groups excluding carboxylic acids is 2. The second-order valence-corrected chi connectivity index (χ2v) is 8.81. The van der Waals surface area contributed by atoms with E-state index in [4.69, 9.17) is 9.84 Å². The summed E-state index contributed by atoms with van der Waals surface area (Å²) in [6, 6.07) is 15.0. The van der Waals surface area contributed by atoms with Gasteiger partial charge in [-0.1, -0.05) is 89.6 Å². The van der Waals surface area contributed by atoms with Crippen LogP contribution in [0.25, 0.3) is 0 Å². The largest absolute Gasteiger partial charge is 0.491 e. The molecule has 0 bridgehead atoms. The summed E-state index contributed by atoms with van der Waals surface area (Å²) in [6.45, 7) is 15.8. The fourth-order valence-electron chi connectivity index (χ4n) is 3.35. The number of carbonyl (C=O) groups is 2. The molecule has 1 atom stereocenters. The number of aliphatic hydroxyl groups excluding tert-OH is 1. The molecule has 39 heavy (non-hydrogen) atoms. The zero-order valence-corrected chi connectivity index (χ0v) is 25.0. The Kier molecular flexibility index (Phi) is 19.6. The summed E-state index contributed by atoms with van der Waals surface area (Å²) in [4.78, 5) is 28.9. The second kappa shape index (κ2) is 21.5. The van der Waals surface area contributed by atoms with Gasteiger partial charge in [-0.05, 0) is 49.4 Å². The van der Waals surface area contributed by atoms with Crippen molar-refractivity contribution in [1.29, 1.82) is 0 Å². The van der Waals surface area contributed by atoms with Gasteiger partial charge in [0.2, 0.25) is 0 Å². The summed E-state index contributed by atoms with van der Waals surface area (Å²) >= 11 is 0. The number of unbranched alkanes of at least 4 members (excludes halogenated alkanes) is 1. The zero-order valence-electron chi connectivity index (χ0n) is 25.0. The van der Waals surface area contributed by atoms with E-state index >= 15 is 0 Å². The smallest absolute Gasteiger partial charge is 0.267 e. The van der Waals surface area contributed by atoms with Gasteiger partial charge in [0.1, 0.15) is 24.2 Å². The van der Waals surface area contributed by atoms with Crippen molar-refractivity contribution in [3.63, 3.8) is 0 Å². The number of ketones is 1. The quantitative estimate of drug-likeness (QED) is 0.175. The summed E-state index contributed by atoms with van der Waals surface area (Å²) in [5.41, 5.74) is 3.43. The fourth-order valence-corrected chi connectivity index (χ4v) is 3.35. The molecule has 7 nitrogen and oxygen atoms in total. The molecule has 0 saturated heterocycles. The van der Waals surface area contributed by atoms with Crippen LogP contribution in [0.3, 0.4) is 0 Å². The van der Waals surface area contributed by atoms with Crippen LogP contribution in [0.1, 0.15) is 70.6 Å². The van der Waals surface area contributed by atoms with Gasteiger partial charge in [-0.15, -0.1) is 0 Å². The molecule has 0 spiro atoms. The molecule has 0 aliphatic carbocycles. The van der Waals surface area contributed by atoms with E-state index in [1.54, 1.807) is 7.05 Å². The first-order chi connectivity index (χ1) is 18.7. The number of aryl methyl sites for hydroxylation is 2. The van der Waals surface area contributed by atoms with Crippen molar-refractivity contribution in [3.8, 4) is 5.75 Å². The molecule has 2 aromatic carbocycles. The predicted octanol–water partition coefficient (Wildman–Crippen LogP) is 5.58. The Morgan fingerprint density at radius 1 is 1.05 bits per heavy atom. The normalized spacial score (nSPS) is 11.1. The molecule has 0 aliphatic rings. The average molecular weight is 540 g/mol. The number of benzene rings is 2. The first-order valence-corrected chi connectivity index (χ1v) is 13.9. The van der Waals surface area contributed by atoms with Crippen LogP contribution in [0.2, 0.25) is 0 Å². The van der Waals surface area contributed by atoms with Crippen LogP contribution < -0.4 is 15.4 Å². The van der Waals surface area contributed by atoms with Gasteiger partial charge in [-0.25, -0.2) is 0 Å². The molecule has 0 fully saturated rings. The molecule has 0 heterocycles. The topological polar surface area (TPSA) is 100 Å². The number of hydrogen-bond acceptors (Lipinski definition) is 5. The van der Waals surface area contributed by atoms with Crippen molar-refractivity contribution in [2.45, 2.75) is 79.7 Å². The number of amidine groups is 1. The molecule has 2 rings (SSSR count). The predicted molar refractivity (Wildman–Crippen MR) is 162 cm³/mol. The number of Topliss-reactive ketones (excluding diaryl/α,β-unsaturated/α-hetero) is 1. The third-order valence-electron chi connectivity index (χ3n) is 5.54. The summed E-state index contributed by atoms with van der Waals surface area (Å²) in [5, 5.41) is 13.7. The van der Waals surface area contributed by atoms with Crippen molar-refractivity contribution < 1.29 is 19.4 Å². The first kappa shape index (κ1) is 35.5. The minimum atomic E-state index is -0.785. The Labute approximate surface area is 235 Å². The van der Waals surface area contributed by atoms with Crippen molar-refractivity contribution in [2.24, 2.45) is 4.99 Å². The lowest BCUT2D eigenvalue weighted by molar-refractivity contribution is -0.125. The highest BCUT2D eigenvalue weighted by atomic mass is 16.5. The summed E-state index contributed by atoms with van der Waals surface area (Å²) in [7, 11) is 1.65. The molecule has 0 radical (unpaired) electrons. The maximum absolute atomic E-state index is 12.6. The van der Waals surface area contributed by atoms with Crippen LogP contribution in [0.5, 0.6) is 5.75 Å². The number of amides is 1. The molecule has 7 heteroatoms. The molecular formula is C32H49N3O4. The van der Waals surface area contributed by atoms with E-state index < -0.39 is 11.9 Å². The Balaban J connectivity index is 0.00000185. The molecule has 216 valence electrons. The highest BCUT2D eigenvalue weighted by Crippen LogP contribution is 2.20. The molecular weight excluding hydrogens is 490 g/mol. The highest BCUT2D eigenvalue weighted by molar-refractivity contribution is 6.00. The standard InChI is InChI=1S/C26H33N3O3.C4H10O.C2H6/c1-6-10-21-13-14-24(18(2)15-21)32-17-23(20(4)30)29-26(31)19(3)28-25(27-5)16-22-11-8-7-9-12-22;1-2-3-4-5;1-2/h7-9,11-15,23H,3,6,10,16-17H2,1-2,4-5H3,(H,27,28)(H,29,31);5H,2-4H2,1H3;1-2H3/t23-;;/m0../s1. The minimum Gasteiger partial charge on any atom is -0.491 e. The van der Waals surface area contributed by atoms with Crippen molar-refractivity contribution in [2.75, 3.05) is 20.3 Å². The lowest BCUT2D eigenvalue weighted by Crippen LogP contribution is -2.46. The Bertz CT molecular complexity index is 1020. The SMILES string of the molecule is C=C(NC(Cc1ccccc1)=NC)C(=O)N[C@@H](COc1ccc(CCC)cc1C)C(C)=O.CC.CCCCO. The van der Waals surface area contributed by atoms with E-state index in [9.17, 15) is 9.59 Å². The molecule has 0 saturated carbocycles. The molecule has 0 aliphatic heterocycles. The molecule has 3 N–H and O–H groups in total. The lowest BCUT2D eigenvalue weighted by Gasteiger charge is -2.19. The first-order valence-electron chi connectivity index (χ1n) is 13.9. The van der Waals surface area contributed by atoms with Gasteiger partial charge >= 0.3 is 0 Å². The number of aliphatic imine (C=N–C) groups is 1. The molecule has 1 amide bonds. The maximum atomic E-state index is 12.6. The van der Waals surface area contributed by atoms with Crippen LogP contribution in [0.15, 0.2) is 65.8 Å². The minimum absolute atomic E-state index is 0.0427. The molecule has 0 aromatic heterocycles. The monoisotopic (exact) mass is 539 g/mol. The highest BCUT2D eigenvalue weighted by Gasteiger charge is 2.20. The molecule has 0 unspecified atom stereocenters. The Morgan fingerprint density at radius 2 is 1.72 bits per heavy atom. The van der Waals surface area contributed by atoms with E-state index in [0.29, 0.717) is 24.6 Å². The number of nitrogens with one attached hydrogen (secondary N) is 2. The van der Waals surface area contributed by atoms with Crippen LogP contribution in [-0.2, 0) is 22.4 Å². The number of ether oxygens (including phenoxy) is 1. The number of hydrogen-bond donors (Lipinski definition) is 3. The van der Waals surface area contributed by atoms with Gasteiger partial charge in [0, 0.05) is 20.1 Å². The van der Waals surface area contributed by atoms with E-state index in [0.717, 1.165) is 36.8 Å². The van der Waals surface area contributed by atoms with Gasteiger partial charge in [-0.3, -0.25) is 14.6 Å². The van der Waals surface area contributed by atoms with Crippen LogP contribution in [0, 0.1) is 6.92 Å². The Morgan fingerprint density at radius 3 is 2.21 bits per heavy atom. The fraction of sp³-hybridized carbons (Fsp3) is 0.469. The van der Waals surface area contributed by atoms with Crippen molar-refractivity contribution in [1.82, 2.24) is 10.6 Å². The lowest BCUT2D eigenvalue weighted by atomic mass is 10.1. The van der Waals surface area contributed by atoms with Gasteiger partial charge in [0.15, 0.2) is 5.78 Å². The van der Waals surface area contributed by atoms with E-state index in [-0.39, 0.29) is 18.1 Å². The maximum Gasteiger partial charge on any atom is 0.267 e. The van der Waals surface area contributed by atoms with Gasteiger partial charge in [0.25, 0.3) is 5.91 Å². The van der Waals surface area contributed by atoms with E-state index in [1.807, 2.05) is 63.2 Å². The summed E-state index contributed by atoms with van der Waals surface area (Å²) in [5.74, 6) is 0.637. The van der Waals surface area contributed by atoms with Gasteiger partial charge < -0.3 is 20.5 Å². The van der Waals surface area contributed by atoms with Crippen LogP contribution >= 0.6 is 0 Å².